The molecule has 29 heavy (non-hydrogen) atoms. The molecule has 1 aliphatic carbocycles. The first-order chi connectivity index (χ1) is 14.2. The van der Waals surface area contributed by atoms with E-state index in [0.717, 1.165) is 82.1 Å². The zero-order chi connectivity index (χ0) is 20.1. The minimum absolute atomic E-state index is 0.290. The van der Waals surface area contributed by atoms with Crippen molar-refractivity contribution < 1.29 is 4.79 Å². The molecule has 0 bridgehead atoms. The molecule has 2 aliphatic heterocycles. The third-order valence-corrected chi connectivity index (χ3v) is 6.71. The van der Waals surface area contributed by atoms with Crippen LogP contribution in [-0.2, 0) is 11.2 Å². The molecular weight excluding hydrogens is 382 g/mol. The van der Waals surface area contributed by atoms with Crippen LogP contribution in [0.3, 0.4) is 0 Å². The van der Waals surface area contributed by atoms with Crippen LogP contribution in [-0.4, -0.2) is 61.0 Å². The zero-order valence-corrected chi connectivity index (χ0v) is 18.0. The molecule has 1 amide bonds. The number of carbonyl (C=O) groups is 1. The molecule has 1 aromatic carbocycles. The first kappa shape index (κ1) is 20.6. The third-order valence-electron chi connectivity index (χ3n) is 6.43. The first-order valence-corrected chi connectivity index (χ1v) is 11.5. The fourth-order valence-electron chi connectivity index (χ4n) is 4.71. The predicted octanol–water partition coefficient (Wildman–Crippen LogP) is 4.20. The van der Waals surface area contributed by atoms with Crippen LogP contribution in [0.25, 0.3) is 0 Å². The number of amides is 1. The Balaban J connectivity index is 1.20. The summed E-state index contributed by atoms with van der Waals surface area (Å²) in [6, 6.07) is 8.93. The number of hydrogen-bond acceptors (Lipinski definition) is 3. The molecule has 0 radical (unpaired) electrons. The second kappa shape index (κ2) is 9.92. The van der Waals surface area contributed by atoms with E-state index < -0.39 is 0 Å². The average Bonchev–Trinajstić information content (AvgIpc) is 2.91. The van der Waals surface area contributed by atoms with Crippen LogP contribution in [0.15, 0.2) is 47.5 Å². The lowest BCUT2D eigenvalue weighted by Crippen LogP contribution is -2.50. The Morgan fingerprint density at radius 2 is 1.79 bits per heavy atom. The maximum absolute atomic E-state index is 12.6. The lowest BCUT2D eigenvalue weighted by atomic mass is 10.1. The Morgan fingerprint density at radius 3 is 2.59 bits per heavy atom. The molecule has 1 aromatic rings. The van der Waals surface area contributed by atoms with Crippen molar-refractivity contribution in [1.29, 1.82) is 0 Å². The van der Waals surface area contributed by atoms with E-state index in [1.807, 2.05) is 11.0 Å². The highest BCUT2D eigenvalue weighted by Gasteiger charge is 2.24. The summed E-state index contributed by atoms with van der Waals surface area (Å²) in [6.45, 7) is 6.48. The first-order valence-electron chi connectivity index (χ1n) is 11.1. The second-order valence-electron chi connectivity index (χ2n) is 8.36. The van der Waals surface area contributed by atoms with Gasteiger partial charge >= 0.3 is 0 Å². The Kier molecular flexibility index (Phi) is 7.06. The van der Waals surface area contributed by atoms with Gasteiger partial charge in [-0.15, -0.1) is 0 Å². The molecule has 0 N–H and O–H groups in total. The van der Waals surface area contributed by atoms with Crippen LogP contribution in [0.1, 0.15) is 37.7 Å². The number of halogens is 1. The van der Waals surface area contributed by atoms with Gasteiger partial charge in [-0.2, -0.15) is 0 Å². The summed E-state index contributed by atoms with van der Waals surface area (Å²) >= 11 is 6.04. The maximum Gasteiger partial charge on any atom is 0.226 e. The molecule has 3 aliphatic rings. The molecule has 4 nitrogen and oxygen atoms in total. The number of unbranched alkanes of at least 4 members (excludes halogenated alkanes) is 1. The molecule has 1 unspecified atom stereocenters. The monoisotopic (exact) mass is 413 g/mol. The number of hydrogen-bond donors (Lipinski definition) is 0. The molecule has 4 rings (SSSR count). The minimum Gasteiger partial charge on any atom is -0.312 e. The van der Waals surface area contributed by atoms with E-state index in [1.54, 1.807) is 0 Å². The maximum atomic E-state index is 12.6. The third kappa shape index (κ3) is 5.30. The Hall–Kier alpha value is -1.62. The van der Waals surface area contributed by atoms with E-state index in [4.69, 9.17) is 11.6 Å². The topological polar surface area (TPSA) is 26.8 Å². The lowest BCUT2D eigenvalue weighted by molar-refractivity contribution is -0.118. The number of benzene rings is 1. The minimum atomic E-state index is 0.290. The number of carbonyl (C=O) groups excluding carboxylic acids is 1. The summed E-state index contributed by atoms with van der Waals surface area (Å²) in [4.78, 5) is 19.8. The van der Waals surface area contributed by atoms with E-state index in [2.05, 4.69) is 46.2 Å². The number of para-hydroxylation sites is 1. The molecule has 0 aromatic heterocycles. The van der Waals surface area contributed by atoms with Crippen molar-refractivity contribution in [1.82, 2.24) is 9.80 Å². The van der Waals surface area contributed by atoms with Gasteiger partial charge in [0.25, 0.3) is 0 Å². The molecular formula is C24H32ClN3O. The summed E-state index contributed by atoms with van der Waals surface area (Å²) < 4.78 is 0. The highest BCUT2D eigenvalue weighted by atomic mass is 35.5. The number of piperazine rings is 1. The van der Waals surface area contributed by atoms with Crippen molar-refractivity contribution in [2.75, 3.05) is 44.2 Å². The SMILES string of the molecule is O=C1CCCc2ccccc2N1CCCCN1CCN(C2C=CC(Cl)=CC2)CC1. The number of allylic oxidation sites excluding steroid dienone is 2. The Labute approximate surface area is 179 Å². The van der Waals surface area contributed by atoms with Crippen molar-refractivity contribution in [2.45, 2.75) is 44.6 Å². The quantitative estimate of drug-likeness (QED) is 0.654. The zero-order valence-electron chi connectivity index (χ0n) is 17.2. The summed E-state index contributed by atoms with van der Waals surface area (Å²) in [5, 5.41) is 0.866. The van der Waals surface area contributed by atoms with Crippen molar-refractivity contribution >= 4 is 23.2 Å². The summed E-state index contributed by atoms with van der Waals surface area (Å²) in [7, 11) is 0. The van der Waals surface area contributed by atoms with Crippen molar-refractivity contribution in [3.8, 4) is 0 Å². The van der Waals surface area contributed by atoms with Gasteiger partial charge in [-0.1, -0.05) is 42.0 Å². The molecule has 2 heterocycles. The van der Waals surface area contributed by atoms with Gasteiger partial charge < -0.3 is 9.80 Å². The van der Waals surface area contributed by atoms with Crippen molar-refractivity contribution in [2.24, 2.45) is 0 Å². The van der Waals surface area contributed by atoms with Crippen LogP contribution in [0.5, 0.6) is 0 Å². The van der Waals surface area contributed by atoms with E-state index in [1.165, 1.54) is 5.56 Å². The smallest absolute Gasteiger partial charge is 0.226 e. The largest absolute Gasteiger partial charge is 0.312 e. The van der Waals surface area contributed by atoms with Crippen LogP contribution in [0, 0.1) is 0 Å². The lowest BCUT2D eigenvalue weighted by Gasteiger charge is -2.38. The summed E-state index contributed by atoms with van der Waals surface area (Å²) in [5.74, 6) is 0.290. The van der Waals surface area contributed by atoms with Crippen LogP contribution in [0.4, 0.5) is 5.69 Å². The van der Waals surface area contributed by atoms with Crippen LogP contribution < -0.4 is 4.90 Å². The summed E-state index contributed by atoms with van der Waals surface area (Å²) in [6.07, 6.45) is 12.3. The van der Waals surface area contributed by atoms with Gasteiger partial charge in [0, 0.05) is 55.9 Å². The van der Waals surface area contributed by atoms with Crippen LogP contribution in [0.2, 0.25) is 0 Å². The van der Waals surface area contributed by atoms with Crippen molar-refractivity contribution in [3.63, 3.8) is 0 Å². The predicted molar refractivity (Wildman–Crippen MR) is 120 cm³/mol. The number of anilines is 1. The van der Waals surface area contributed by atoms with Gasteiger partial charge in [0.05, 0.1) is 0 Å². The molecule has 0 saturated carbocycles. The van der Waals surface area contributed by atoms with Gasteiger partial charge in [-0.25, -0.2) is 0 Å². The van der Waals surface area contributed by atoms with E-state index in [9.17, 15) is 4.79 Å². The fourth-order valence-corrected chi connectivity index (χ4v) is 4.87. The highest BCUT2D eigenvalue weighted by molar-refractivity contribution is 6.31. The molecule has 5 heteroatoms. The van der Waals surface area contributed by atoms with Crippen molar-refractivity contribution in [3.05, 3.63) is 53.1 Å². The van der Waals surface area contributed by atoms with Gasteiger partial charge in [0.2, 0.25) is 5.91 Å². The van der Waals surface area contributed by atoms with Crippen LogP contribution >= 0.6 is 11.6 Å². The van der Waals surface area contributed by atoms with E-state index in [0.29, 0.717) is 18.4 Å². The molecule has 156 valence electrons. The normalized spacial score (nSPS) is 23.6. The van der Waals surface area contributed by atoms with Gasteiger partial charge in [0.1, 0.15) is 0 Å². The Morgan fingerprint density at radius 1 is 1.00 bits per heavy atom. The molecule has 1 saturated heterocycles. The molecule has 0 spiro atoms. The Bertz CT molecular complexity index is 767. The number of aryl methyl sites for hydroxylation is 1. The summed E-state index contributed by atoms with van der Waals surface area (Å²) in [5.41, 5.74) is 2.46. The number of fused-ring (bicyclic) bond motifs is 1. The fraction of sp³-hybridized carbons (Fsp3) is 0.542. The van der Waals surface area contributed by atoms with Gasteiger partial charge in [0.15, 0.2) is 0 Å². The number of nitrogens with zero attached hydrogens (tertiary/aromatic N) is 3. The number of rotatable bonds is 6. The van der Waals surface area contributed by atoms with Gasteiger partial charge in [-0.05, 0) is 56.4 Å². The van der Waals surface area contributed by atoms with Gasteiger partial charge in [-0.3, -0.25) is 9.69 Å². The van der Waals surface area contributed by atoms with E-state index in [-0.39, 0.29) is 0 Å². The average molecular weight is 414 g/mol. The molecule has 1 atom stereocenters. The standard InChI is InChI=1S/C24H32ClN3O/c25-21-10-12-22(13-11-21)27-18-16-26(17-19-27)14-3-4-15-28-23-8-2-1-6-20(23)7-5-9-24(28)29/h1-2,6,8,10-12,22H,3-5,7,9,13-19H2. The van der Waals surface area contributed by atoms with E-state index >= 15 is 0 Å². The molecule has 1 fully saturated rings. The highest BCUT2D eigenvalue weighted by Crippen LogP contribution is 2.27. The second-order valence-corrected chi connectivity index (χ2v) is 8.80.